The number of nitrogens with one attached hydrogen (secondary N) is 1. The van der Waals surface area contributed by atoms with Crippen LogP contribution in [0.25, 0.3) is 11.2 Å². The first-order valence-electron chi connectivity index (χ1n) is 6.64. The fourth-order valence-electron chi connectivity index (χ4n) is 1.97. The van der Waals surface area contributed by atoms with Gasteiger partial charge in [0.25, 0.3) is 5.56 Å². The first-order valence-corrected chi connectivity index (χ1v) is 7.62. The van der Waals surface area contributed by atoms with Crippen LogP contribution >= 0.6 is 11.8 Å². The van der Waals surface area contributed by atoms with Crippen molar-refractivity contribution in [1.29, 1.82) is 0 Å². The molecule has 0 aliphatic carbocycles. The molecule has 0 saturated carbocycles. The van der Waals surface area contributed by atoms with E-state index in [0.717, 1.165) is 11.8 Å². The van der Waals surface area contributed by atoms with Gasteiger partial charge in [0.1, 0.15) is 0 Å². The predicted octanol–water partition coefficient (Wildman–Crippen LogP) is -0.963. The van der Waals surface area contributed by atoms with E-state index in [2.05, 4.69) is 9.97 Å². The average molecular weight is 327 g/mol. The van der Waals surface area contributed by atoms with Gasteiger partial charge in [-0.15, -0.1) is 0 Å². The van der Waals surface area contributed by atoms with Gasteiger partial charge in [-0.2, -0.15) is 0 Å². The van der Waals surface area contributed by atoms with Gasteiger partial charge in [-0.3, -0.25) is 19.1 Å². The number of amides is 1. The largest absolute Gasteiger partial charge is 0.380 e. The van der Waals surface area contributed by atoms with Crippen molar-refractivity contribution in [2.75, 3.05) is 19.0 Å². The Labute approximate surface area is 129 Å². The zero-order valence-electron chi connectivity index (χ0n) is 12.3. The molecule has 0 bridgehead atoms. The van der Waals surface area contributed by atoms with Gasteiger partial charge < -0.3 is 15.0 Å². The highest BCUT2D eigenvalue weighted by molar-refractivity contribution is 7.99. The number of thioether (sulfide) groups is 1. The number of H-pyrrole nitrogens is 1. The van der Waals surface area contributed by atoms with Crippen molar-refractivity contribution in [3.8, 4) is 0 Å². The van der Waals surface area contributed by atoms with Crippen molar-refractivity contribution in [2.24, 2.45) is 12.8 Å². The molecule has 0 atom stereocenters. The Morgan fingerprint density at radius 2 is 2.18 bits per heavy atom. The third-order valence-electron chi connectivity index (χ3n) is 2.98. The predicted molar refractivity (Wildman–Crippen MR) is 82.0 cm³/mol. The Bertz CT molecular complexity index is 806. The lowest BCUT2D eigenvalue weighted by atomic mass is 10.5. The number of aromatic amines is 1. The summed E-state index contributed by atoms with van der Waals surface area (Å²) in [5, 5.41) is 0.445. The molecule has 2 aromatic rings. The number of aromatic nitrogens is 4. The number of carbonyl (C=O) groups excluding carboxylic acids is 1. The second kappa shape index (κ2) is 6.79. The molecular weight excluding hydrogens is 310 g/mol. The van der Waals surface area contributed by atoms with E-state index in [1.165, 1.54) is 11.6 Å². The van der Waals surface area contributed by atoms with Gasteiger partial charge in [-0.25, -0.2) is 9.78 Å². The minimum Gasteiger partial charge on any atom is -0.380 e. The lowest BCUT2D eigenvalue weighted by molar-refractivity contribution is -0.115. The standard InChI is InChI=1S/C12H17N5O4S/c1-3-21-5-4-17-8-9(14-12(17)22-6-7(13)18)16(2)11(20)15-10(8)19/h3-6H2,1-2H3,(H2,13,18)(H,15,19,20). The first kappa shape index (κ1) is 16.3. The maximum Gasteiger partial charge on any atom is 0.329 e. The number of nitrogens with two attached hydrogens (primary N) is 1. The molecule has 0 fully saturated rings. The molecule has 10 heteroatoms. The van der Waals surface area contributed by atoms with E-state index >= 15 is 0 Å². The molecule has 120 valence electrons. The highest BCUT2D eigenvalue weighted by Crippen LogP contribution is 2.21. The van der Waals surface area contributed by atoms with Gasteiger partial charge in [0.15, 0.2) is 16.3 Å². The van der Waals surface area contributed by atoms with Crippen LogP contribution in [-0.4, -0.2) is 44.0 Å². The lowest BCUT2D eigenvalue weighted by Crippen LogP contribution is -2.29. The van der Waals surface area contributed by atoms with Crippen LogP contribution in [0.4, 0.5) is 0 Å². The van der Waals surface area contributed by atoms with E-state index in [1.807, 2.05) is 6.92 Å². The van der Waals surface area contributed by atoms with E-state index < -0.39 is 17.2 Å². The van der Waals surface area contributed by atoms with Crippen molar-refractivity contribution in [2.45, 2.75) is 18.6 Å². The number of nitrogens with zero attached hydrogens (tertiary/aromatic N) is 3. The van der Waals surface area contributed by atoms with Crippen LogP contribution in [-0.2, 0) is 23.1 Å². The molecule has 0 saturated heterocycles. The molecule has 3 N–H and O–H groups in total. The maximum absolute atomic E-state index is 12.1. The number of fused-ring (bicyclic) bond motifs is 1. The Hall–Kier alpha value is -2.07. The molecule has 0 radical (unpaired) electrons. The molecular formula is C12H17N5O4S. The van der Waals surface area contributed by atoms with E-state index in [-0.39, 0.29) is 16.9 Å². The average Bonchev–Trinajstić information content (AvgIpc) is 2.82. The van der Waals surface area contributed by atoms with Crippen molar-refractivity contribution in [3.05, 3.63) is 20.8 Å². The van der Waals surface area contributed by atoms with E-state index in [9.17, 15) is 14.4 Å². The van der Waals surface area contributed by atoms with Gasteiger partial charge in [0, 0.05) is 20.2 Å². The smallest absolute Gasteiger partial charge is 0.329 e. The summed E-state index contributed by atoms with van der Waals surface area (Å²) in [5.41, 5.74) is 4.62. The Morgan fingerprint density at radius 3 is 2.82 bits per heavy atom. The summed E-state index contributed by atoms with van der Waals surface area (Å²) in [6.45, 7) is 3.18. The third kappa shape index (κ3) is 3.22. The molecule has 0 aliphatic rings. The van der Waals surface area contributed by atoms with Crippen LogP contribution < -0.4 is 17.0 Å². The van der Waals surface area contributed by atoms with Crippen LogP contribution in [0.1, 0.15) is 6.92 Å². The Balaban J connectivity index is 2.56. The monoisotopic (exact) mass is 327 g/mol. The van der Waals surface area contributed by atoms with Crippen LogP contribution in [0.15, 0.2) is 14.7 Å². The fraction of sp³-hybridized carbons (Fsp3) is 0.500. The van der Waals surface area contributed by atoms with Crippen LogP contribution in [0.2, 0.25) is 0 Å². The van der Waals surface area contributed by atoms with Crippen molar-refractivity contribution in [1.82, 2.24) is 19.1 Å². The van der Waals surface area contributed by atoms with E-state index in [4.69, 9.17) is 10.5 Å². The summed E-state index contributed by atoms with van der Waals surface area (Å²) in [6.07, 6.45) is 0. The number of ether oxygens (including phenoxy) is 1. The van der Waals surface area contributed by atoms with Crippen molar-refractivity contribution < 1.29 is 9.53 Å². The summed E-state index contributed by atoms with van der Waals surface area (Å²) >= 11 is 1.12. The zero-order chi connectivity index (χ0) is 16.3. The first-order chi connectivity index (χ1) is 10.5. The molecule has 2 aromatic heterocycles. The van der Waals surface area contributed by atoms with E-state index in [0.29, 0.717) is 24.9 Å². The minimum atomic E-state index is -0.543. The second-order valence-corrected chi connectivity index (χ2v) is 5.43. The van der Waals surface area contributed by atoms with Crippen molar-refractivity contribution >= 4 is 28.8 Å². The highest BCUT2D eigenvalue weighted by atomic mass is 32.2. The van der Waals surface area contributed by atoms with Gasteiger partial charge in [0.05, 0.1) is 12.4 Å². The second-order valence-electron chi connectivity index (χ2n) is 4.49. The molecule has 2 heterocycles. The summed E-state index contributed by atoms with van der Waals surface area (Å²) in [4.78, 5) is 41.2. The molecule has 1 amide bonds. The maximum atomic E-state index is 12.1. The normalized spacial score (nSPS) is 11.2. The molecule has 9 nitrogen and oxygen atoms in total. The topological polar surface area (TPSA) is 125 Å². The summed E-state index contributed by atoms with van der Waals surface area (Å²) < 4.78 is 8.19. The van der Waals surface area contributed by atoms with Gasteiger partial charge >= 0.3 is 5.69 Å². The summed E-state index contributed by atoms with van der Waals surface area (Å²) in [6, 6.07) is 0. The van der Waals surface area contributed by atoms with Gasteiger partial charge in [-0.05, 0) is 6.92 Å². The fourth-order valence-corrected chi connectivity index (χ4v) is 2.73. The number of aryl methyl sites for hydroxylation is 1. The number of primary amides is 1. The number of hydrogen-bond donors (Lipinski definition) is 2. The number of carbonyl (C=O) groups is 1. The van der Waals surface area contributed by atoms with Gasteiger partial charge in [0.2, 0.25) is 5.91 Å². The molecule has 0 spiro atoms. The molecule has 2 rings (SSSR count). The van der Waals surface area contributed by atoms with Crippen molar-refractivity contribution in [3.63, 3.8) is 0 Å². The van der Waals surface area contributed by atoms with Crippen LogP contribution in [0.5, 0.6) is 0 Å². The quantitative estimate of drug-likeness (QED) is 0.498. The van der Waals surface area contributed by atoms with Gasteiger partial charge in [-0.1, -0.05) is 11.8 Å². The molecule has 22 heavy (non-hydrogen) atoms. The molecule has 0 unspecified atom stereocenters. The SMILES string of the molecule is CCOCCn1c(SCC(N)=O)nc2c1c(=O)[nH]c(=O)n2C. The number of imidazole rings is 1. The number of hydrogen-bond acceptors (Lipinski definition) is 6. The Morgan fingerprint density at radius 1 is 1.45 bits per heavy atom. The van der Waals surface area contributed by atoms with Crippen LogP contribution in [0, 0.1) is 0 Å². The zero-order valence-corrected chi connectivity index (χ0v) is 13.1. The van der Waals surface area contributed by atoms with Crippen LogP contribution in [0.3, 0.4) is 0 Å². The Kier molecular flexibility index (Phi) is 5.03. The molecule has 0 aromatic carbocycles. The lowest BCUT2D eigenvalue weighted by Gasteiger charge is -2.07. The van der Waals surface area contributed by atoms with E-state index in [1.54, 1.807) is 4.57 Å². The summed E-state index contributed by atoms with van der Waals surface area (Å²) in [7, 11) is 1.52. The third-order valence-corrected chi connectivity index (χ3v) is 3.98. The highest BCUT2D eigenvalue weighted by Gasteiger charge is 2.17. The minimum absolute atomic E-state index is 0.0316. The number of rotatable bonds is 7. The molecule has 0 aliphatic heterocycles. The summed E-state index contributed by atoms with van der Waals surface area (Å²) in [5.74, 6) is -0.458.